The minimum Gasteiger partial charge on any atom is -0.467 e. The Balaban J connectivity index is 1.98. The van der Waals surface area contributed by atoms with Gasteiger partial charge in [-0.1, -0.05) is 29.8 Å². The van der Waals surface area contributed by atoms with Crippen molar-refractivity contribution in [2.45, 2.75) is 6.04 Å². The largest absolute Gasteiger partial charge is 0.467 e. The third kappa shape index (κ3) is 3.25. The predicted molar refractivity (Wildman–Crippen MR) is 91.9 cm³/mol. The lowest BCUT2D eigenvalue weighted by molar-refractivity contribution is -0.143. The quantitative estimate of drug-likeness (QED) is 0.679. The van der Waals surface area contributed by atoms with E-state index in [1.807, 2.05) is 0 Å². The monoisotopic (exact) mass is 378 g/mol. The summed E-state index contributed by atoms with van der Waals surface area (Å²) in [5.74, 6) is -3.32. The number of halogens is 3. The lowest BCUT2D eigenvalue weighted by Crippen LogP contribution is -2.35. The molecule has 0 aliphatic rings. The molecule has 8 heteroatoms. The third-order valence-electron chi connectivity index (χ3n) is 3.85. The van der Waals surface area contributed by atoms with Gasteiger partial charge in [0.15, 0.2) is 6.04 Å². The number of amides is 1. The van der Waals surface area contributed by atoms with Crippen LogP contribution >= 0.6 is 11.6 Å². The van der Waals surface area contributed by atoms with Crippen LogP contribution in [0.3, 0.4) is 0 Å². The van der Waals surface area contributed by atoms with Gasteiger partial charge in [-0.25, -0.2) is 13.6 Å². The molecule has 0 saturated heterocycles. The number of ether oxygens (including phenoxy) is 1. The molecule has 2 N–H and O–H groups in total. The number of hydrogen-bond acceptors (Lipinski definition) is 3. The number of hydrogen-bond donors (Lipinski definition) is 2. The summed E-state index contributed by atoms with van der Waals surface area (Å²) in [5.41, 5.74) is 0.269. The molecule has 0 unspecified atom stereocenters. The minimum absolute atomic E-state index is 0.00131. The standard InChI is InChI=1S/C18H13ClF2N2O3/c1-26-18(25)15(11-8-9(20)6-7-12(11)21)23-17(24)16-14(19)10-4-2-3-5-13(10)22-16/h2-8,15,22H,1H3,(H,23,24)/t15-/m0/s1. The Morgan fingerprint density at radius 3 is 2.62 bits per heavy atom. The number of aromatic amines is 1. The van der Waals surface area contributed by atoms with E-state index in [0.717, 1.165) is 25.3 Å². The van der Waals surface area contributed by atoms with Crippen molar-refractivity contribution in [3.05, 3.63) is 70.4 Å². The second-order valence-electron chi connectivity index (χ2n) is 5.46. The lowest BCUT2D eigenvalue weighted by atomic mass is 10.1. The van der Waals surface area contributed by atoms with Crippen molar-refractivity contribution in [3.63, 3.8) is 0 Å². The molecule has 0 spiro atoms. The molecule has 0 aliphatic heterocycles. The Labute approximate surface area is 151 Å². The number of carbonyl (C=O) groups is 2. The van der Waals surface area contributed by atoms with E-state index in [1.54, 1.807) is 24.3 Å². The number of para-hydroxylation sites is 1. The molecule has 3 rings (SSSR count). The van der Waals surface area contributed by atoms with Crippen LogP contribution in [-0.4, -0.2) is 24.0 Å². The first-order chi connectivity index (χ1) is 12.4. The van der Waals surface area contributed by atoms with Gasteiger partial charge >= 0.3 is 5.97 Å². The van der Waals surface area contributed by atoms with Gasteiger partial charge in [0, 0.05) is 16.5 Å². The van der Waals surface area contributed by atoms with Crippen LogP contribution in [0.15, 0.2) is 42.5 Å². The van der Waals surface area contributed by atoms with Crippen LogP contribution in [0.1, 0.15) is 22.1 Å². The molecule has 1 aromatic heterocycles. The van der Waals surface area contributed by atoms with Crippen molar-refractivity contribution in [2.75, 3.05) is 7.11 Å². The molecule has 1 atom stereocenters. The number of aromatic nitrogens is 1. The Kier molecular flexibility index (Phi) is 4.90. The Morgan fingerprint density at radius 2 is 1.92 bits per heavy atom. The van der Waals surface area contributed by atoms with E-state index in [0.29, 0.717) is 10.9 Å². The summed E-state index contributed by atoms with van der Waals surface area (Å²) >= 11 is 6.21. The molecular weight excluding hydrogens is 366 g/mol. The molecule has 2 aromatic carbocycles. The van der Waals surface area contributed by atoms with E-state index < -0.39 is 29.6 Å². The van der Waals surface area contributed by atoms with E-state index in [1.165, 1.54) is 0 Å². The van der Waals surface area contributed by atoms with Gasteiger partial charge in [0.25, 0.3) is 5.91 Å². The number of rotatable bonds is 4. The van der Waals surface area contributed by atoms with E-state index in [9.17, 15) is 18.4 Å². The van der Waals surface area contributed by atoms with Gasteiger partial charge in [-0.05, 0) is 24.3 Å². The Bertz CT molecular complexity index is 1000. The predicted octanol–water partition coefficient (Wildman–Crippen LogP) is 3.74. The number of fused-ring (bicyclic) bond motifs is 1. The van der Waals surface area contributed by atoms with Crippen molar-refractivity contribution in [2.24, 2.45) is 0 Å². The maximum Gasteiger partial charge on any atom is 0.333 e. The molecule has 0 bridgehead atoms. The highest BCUT2D eigenvalue weighted by Crippen LogP contribution is 2.28. The first-order valence-corrected chi connectivity index (χ1v) is 7.90. The molecule has 5 nitrogen and oxygen atoms in total. The minimum atomic E-state index is -1.54. The molecule has 0 radical (unpaired) electrons. The molecule has 3 aromatic rings. The van der Waals surface area contributed by atoms with Gasteiger partial charge in [0.05, 0.1) is 12.1 Å². The fourth-order valence-electron chi connectivity index (χ4n) is 2.58. The lowest BCUT2D eigenvalue weighted by Gasteiger charge is -2.17. The van der Waals surface area contributed by atoms with Crippen molar-refractivity contribution in [3.8, 4) is 0 Å². The SMILES string of the molecule is COC(=O)[C@@H](NC(=O)c1[nH]c2ccccc2c1Cl)c1cc(F)ccc1F. The number of H-pyrrole nitrogens is 1. The summed E-state index contributed by atoms with van der Waals surface area (Å²) in [7, 11) is 1.08. The summed E-state index contributed by atoms with van der Waals surface area (Å²) in [6.07, 6.45) is 0. The van der Waals surface area contributed by atoms with Crippen LogP contribution in [-0.2, 0) is 9.53 Å². The zero-order valence-electron chi connectivity index (χ0n) is 13.5. The summed E-state index contributed by atoms with van der Waals surface area (Å²) in [6, 6.07) is 8.01. The highest BCUT2D eigenvalue weighted by Gasteiger charge is 2.29. The van der Waals surface area contributed by atoms with Crippen molar-refractivity contribution in [1.82, 2.24) is 10.3 Å². The Hall–Kier alpha value is -2.93. The number of benzene rings is 2. The molecule has 0 fully saturated rings. The number of methoxy groups -OCH3 is 1. The fourth-order valence-corrected chi connectivity index (χ4v) is 2.88. The first kappa shape index (κ1) is 17.9. The highest BCUT2D eigenvalue weighted by molar-refractivity contribution is 6.38. The second kappa shape index (κ2) is 7.13. The normalized spacial score (nSPS) is 12.0. The molecule has 1 heterocycles. The second-order valence-corrected chi connectivity index (χ2v) is 5.83. The van der Waals surface area contributed by atoms with Gasteiger partial charge in [-0.3, -0.25) is 4.79 Å². The number of carbonyl (C=O) groups excluding carboxylic acids is 2. The summed E-state index contributed by atoms with van der Waals surface area (Å²) in [6.45, 7) is 0. The average Bonchev–Trinajstić information content (AvgIpc) is 2.98. The fraction of sp³-hybridized carbons (Fsp3) is 0.111. The molecule has 26 heavy (non-hydrogen) atoms. The van der Waals surface area contributed by atoms with Gasteiger partial charge in [0.1, 0.15) is 17.3 Å². The van der Waals surface area contributed by atoms with E-state index >= 15 is 0 Å². The number of esters is 1. The van der Waals surface area contributed by atoms with E-state index in [4.69, 9.17) is 11.6 Å². The summed E-state index contributed by atoms with van der Waals surface area (Å²) in [4.78, 5) is 27.5. The van der Waals surface area contributed by atoms with Crippen LogP contribution < -0.4 is 5.32 Å². The van der Waals surface area contributed by atoms with Gasteiger partial charge in [0.2, 0.25) is 0 Å². The van der Waals surface area contributed by atoms with Gasteiger partial charge in [-0.15, -0.1) is 0 Å². The Morgan fingerprint density at radius 1 is 1.19 bits per heavy atom. The maximum atomic E-state index is 14.1. The third-order valence-corrected chi connectivity index (χ3v) is 4.24. The molecule has 0 saturated carbocycles. The summed E-state index contributed by atoms with van der Waals surface area (Å²) in [5, 5.41) is 3.10. The van der Waals surface area contributed by atoms with Gasteiger partial charge in [-0.2, -0.15) is 0 Å². The van der Waals surface area contributed by atoms with Crippen molar-refractivity contribution in [1.29, 1.82) is 0 Å². The van der Waals surface area contributed by atoms with Crippen LogP contribution in [0.2, 0.25) is 5.02 Å². The highest BCUT2D eigenvalue weighted by atomic mass is 35.5. The average molecular weight is 379 g/mol. The van der Waals surface area contributed by atoms with Crippen molar-refractivity contribution < 1.29 is 23.1 Å². The van der Waals surface area contributed by atoms with Gasteiger partial charge < -0.3 is 15.0 Å². The molecule has 1 amide bonds. The smallest absolute Gasteiger partial charge is 0.333 e. The zero-order valence-corrected chi connectivity index (χ0v) is 14.2. The van der Waals surface area contributed by atoms with Crippen molar-refractivity contribution >= 4 is 34.4 Å². The van der Waals surface area contributed by atoms with Crippen LogP contribution in [0.5, 0.6) is 0 Å². The zero-order chi connectivity index (χ0) is 18.8. The molecule has 0 aliphatic carbocycles. The molecular formula is C18H13ClF2N2O3. The van der Waals surface area contributed by atoms with Crippen LogP contribution in [0, 0.1) is 11.6 Å². The first-order valence-electron chi connectivity index (χ1n) is 7.52. The van der Waals surface area contributed by atoms with Crippen LogP contribution in [0.4, 0.5) is 8.78 Å². The summed E-state index contributed by atoms with van der Waals surface area (Å²) < 4.78 is 32.1. The maximum absolute atomic E-state index is 14.1. The van der Waals surface area contributed by atoms with Crippen LogP contribution in [0.25, 0.3) is 10.9 Å². The van der Waals surface area contributed by atoms with E-state index in [2.05, 4.69) is 15.0 Å². The van der Waals surface area contributed by atoms with E-state index in [-0.39, 0.29) is 16.3 Å². The topological polar surface area (TPSA) is 71.2 Å². The number of nitrogens with one attached hydrogen (secondary N) is 2. The molecule has 134 valence electrons.